The highest BCUT2D eigenvalue weighted by atomic mass is 32.1. The summed E-state index contributed by atoms with van der Waals surface area (Å²) in [7, 11) is 0. The Morgan fingerprint density at radius 2 is 2.47 bits per heavy atom. The minimum Gasteiger partial charge on any atom is -0.375 e. The molecule has 2 rings (SSSR count). The van der Waals surface area contributed by atoms with Crippen molar-refractivity contribution in [1.29, 1.82) is 0 Å². The number of rotatable bonds is 2. The Bertz CT molecular complexity index is 419. The molecule has 1 fully saturated rings. The standard InChI is InChI=1S/C11H17N3O2S/c1-3-8-6-14(4-5-16-8)10(15)9-7(2)13-11(12)17-9/h8H,3-6H2,1-2H3,(H2,12,13). The molecule has 1 aromatic rings. The molecule has 0 aliphatic carbocycles. The number of anilines is 1. The van der Waals surface area contributed by atoms with Crippen LogP contribution < -0.4 is 5.73 Å². The number of morpholine rings is 1. The van der Waals surface area contributed by atoms with Gasteiger partial charge in [-0.1, -0.05) is 18.3 Å². The summed E-state index contributed by atoms with van der Waals surface area (Å²) >= 11 is 1.26. The molecule has 1 amide bonds. The Balaban J connectivity index is 2.12. The largest absolute Gasteiger partial charge is 0.375 e. The Morgan fingerprint density at radius 1 is 1.71 bits per heavy atom. The topological polar surface area (TPSA) is 68.5 Å². The molecule has 1 aromatic heterocycles. The van der Waals surface area contributed by atoms with Gasteiger partial charge in [0.2, 0.25) is 0 Å². The third kappa shape index (κ3) is 2.58. The lowest BCUT2D eigenvalue weighted by Gasteiger charge is -2.32. The van der Waals surface area contributed by atoms with Crippen LogP contribution in [0, 0.1) is 6.92 Å². The molecule has 0 aromatic carbocycles. The van der Waals surface area contributed by atoms with Crippen LogP contribution in [0.25, 0.3) is 0 Å². The molecule has 0 radical (unpaired) electrons. The molecule has 2 N–H and O–H groups in total. The fourth-order valence-corrected chi connectivity index (χ4v) is 2.71. The van der Waals surface area contributed by atoms with Gasteiger partial charge in [-0.3, -0.25) is 4.79 Å². The van der Waals surface area contributed by atoms with Crippen LogP contribution in [0.5, 0.6) is 0 Å². The predicted octanol–water partition coefficient (Wildman–Crippen LogP) is 1.28. The number of hydrogen-bond donors (Lipinski definition) is 1. The number of carbonyl (C=O) groups is 1. The first-order chi connectivity index (χ1) is 8.11. The van der Waals surface area contributed by atoms with Crippen molar-refractivity contribution in [3.8, 4) is 0 Å². The fourth-order valence-electron chi connectivity index (χ4n) is 1.91. The number of aromatic nitrogens is 1. The first-order valence-corrected chi connectivity index (χ1v) is 6.57. The minimum atomic E-state index is 0.0263. The fraction of sp³-hybridized carbons (Fsp3) is 0.636. The van der Waals surface area contributed by atoms with Crippen LogP contribution in [0.15, 0.2) is 0 Å². The van der Waals surface area contributed by atoms with Crippen LogP contribution in [0.1, 0.15) is 28.7 Å². The van der Waals surface area contributed by atoms with E-state index in [9.17, 15) is 4.79 Å². The first-order valence-electron chi connectivity index (χ1n) is 5.75. The molecule has 94 valence electrons. The molecule has 0 saturated carbocycles. The summed E-state index contributed by atoms with van der Waals surface area (Å²) in [4.78, 5) is 18.8. The summed E-state index contributed by atoms with van der Waals surface area (Å²) in [5.74, 6) is 0.0263. The number of nitrogens with zero attached hydrogens (tertiary/aromatic N) is 2. The summed E-state index contributed by atoms with van der Waals surface area (Å²) in [6.07, 6.45) is 1.08. The molecule has 17 heavy (non-hydrogen) atoms. The Labute approximate surface area is 105 Å². The number of nitrogen functional groups attached to an aromatic ring is 1. The van der Waals surface area contributed by atoms with Gasteiger partial charge in [-0.05, 0) is 13.3 Å². The van der Waals surface area contributed by atoms with E-state index in [0.717, 1.165) is 12.1 Å². The quantitative estimate of drug-likeness (QED) is 0.864. The summed E-state index contributed by atoms with van der Waals surface area (Å²) < 4.78 is 5.55. The van der Waals surface area contributed by atoms with E-state index in [-0.39, 0.29) is 12.0 Å². The van der Waals surface area contributed by atoms with E-state index in [1.54, 1.807) is 0 Å². The van der Waals surface area contributed by atoms with E-state index >= 15 is 0 Å². The van der Waals surface area contributed by atoms with Gasteiger partial charge >= 0.3 is 0 Å². The van der Waals surface area contributed by atoms with Crippen molar-refractivity contribution in [3.63, 3.8) is 0 Å². The van der Waals surface area contributed by atoms with Gasteiger partial charge in [-0.15, -0.1) is 0 Å². The van der Waals surface area contributed by atoms with Crippen molar-refractivity contribution in [1.82, 2.24) is 9.88 Å². The van der Waals surface area contributed by atoms with E-state index in [2.05, 4.69) is 11.9 Å². The van der Waals surface area contributed by atoms with E-state index in [1.807, 2.05) is 11.8 Å². The first kappa shape index (κ1) is 12.3. The smallest absolute Gasteiger partial charge is 0.266 e. The molecule has 5 nitrogen and oxygen atoms in total. The van der Waals surface area contributed by atoms with E-state index in [1.165, 1.54) is 11.3 Å². The lowest BCUT2D eigenvalue weighted by atomic mass is 10.2. The van der Waals surface area contributed by atoms with Gasteiger partial charge in [0.15, 0.2) is 5.13 Å². The summed E-state index contributed by atoms with van der Waals surface area (Å²) in [5, 5.41) is 0.450. The lowest BCUT2D eigenvalue weighted by Crippen LogP contribution is -2.45. The van der Waals surface area contributed by atoms with Gasteiger partial charge < -0.3 is 15.4 Å². The molecule has 1 unspecified atom stereocenters. The van der Waals surface area contributed by atoms with Crippen molar-refractivity contribution >= 4 is 22.4 Å². The zero-order chi connectivity index (χ0) is 12.4. The highest BCUT2D eigenvalue weighted by Gasteiger charge is 2.26. The highest BCUT2D eigenvalue weighted by molar-refractivity contribution is 7.17. The van der Waals surface area contributed by atoms with Crippen molar-refractivity contribution < 1.29 is 9.53 Å². The lowest BCUT2D eigenvalue weighted by molar-refractivity contribution is -0.0224. The number of ether oxygens (including phenoxy) is 1. The Morgan fingerprint density at radius 3 is 3.06 bits per heavy atom. The Hall–Kier alpha value is -1.14. The molecule has 0 spiro atoms. The number of hydrogen-bond acceptors (Lipinski definition) is 5. The van der Waals surface area contributed by atoms with Crippen LogP contribution in [0.4, 0.5) is 5.13 Å². The van der Waals surface area contributed by atoms with Crippen LogP contribution in [-0.2, 0) is 4.74 Å². The summed E-state index contributed by atoms with van der Waals surface area (Å²) in [6, 6.07) is 0. The molecule has 2 heterocycles. The second-order valence-corrected chi connectivity index (χ2v) is 5.15. The van der Waals surface area contributed by atoms with Gasteiger partial charge in [0.1, 0.15) is 4.88 Å². The maximum Gasteiger partial charge on any atom is 0.266 e. The normalized spacial score (nSPS) is 20.6. The molecule has 1 aliphatic rings. The molecular weight excluding hydrogens is 238 g/mol. The average molecular weight is 255 g/mol. The SMILES string of the molecule is CCC1CN(C(=O)c2sc(N)nc2C)CCO1. The van der Waals surface area contributed by atoms with Crippen molar-refractivity contribution in [2.75, 3.05) is 25.4 Å². The van der Waals surface area contributed by atoms with E-state index < -0.39 is 0 Å². The number of aryl methyl sites for hydroxylation is 1. The average Bonchev–Trinajstić information content (AvgIpc) is 2.67. The second kappa shape index (κ2) is 5.01. The third-order valence-electron chi connectivity index (χ3n) is 2.89. The molecule has 1 aliphatic heterocycles. The van der Waals surface area contributed by atoms with Gasteiger partial charge in [0, 0.05) is 13.1 Å². The monoisotopic (exact) mass is 255 g/mol. The molecule has 1 atom stereocenters. The van der Waals surface area contributed by atoms with Crippen LogP contribution >= 0.6 is 11.3 Å². The van der Waals surface area contributed by atoms with Gasteiger partial charge in [-0.25, -0.2) is 4.98 Å². The maximum atomic E-state index is 12.3. The van der Waals surface area contributed by atoms with Crippen molar-refractivity contribution in [2.24, 2.45) is 0 Å². The maximum absolute atomic E-state index is 12.3. The predicted molar refractivity (Wildman–Crippen MR) is 67.2 cm³/mol. The van der Waals surface area contributed by atoms with Gasteiger partial charge in [0.25, 0.3) is 5.91 Å². The van der Waals surface area contributed by atoms with Crippen LogP contribution in [0.3, 0.4) is 0 Å². The van der Waals surface area contributed by atoms with Crippen molar-refractivity contribution in [3.05, 3.63) is 10.6 Å². The highest BCUT2D eigenvalue weighted by Crippen LogP contribution is 2.22. The van der Waals surface area contributed by atoms with Crippen molar-refractivity contribution in [2.45, 2.75) is 26.4 Å². The van der Waals surface area contributed by atoms with E-state index in [0.29, 0.717) is 29.7 Å². The number of thiazole rings is 1. The third-order valence-corrected chi connectivity index (χ3v) is 3.86. The summed E-state index contributed by atoms with van der Waals surface area (Å²) in [5.41, 5.74) is 6.33. The zero-order valence-electron chi connectivity index (χ0n) is 10.1. The zero-order valence-corrected chi connectivity index (χ0v) is 10.9. The van der Waals surface area contributed by atoms with Crippen LogP contribution in [-0.4, -0.2) is 41.6 Å². The van der Waals surface area contributed by atoms with Gasteiger partial charge in [0.05, 0.1) is 18.4 Å². The molecular formula is C11H17N3O2S. The number of nitrogens with two attached hydrogens (primary N) is 1. The van der Waals surface area contributed by atoms with Crippen LogP contribution in [0.2, 0.25) is 0 Å². The number of amides is 1. The minimum absolute atomic E-state index is 0.0263. The molecule has 0 bridgehead atoms. The molecule has 1 saturated heterocycles. The van der Waals surface area contributed by atoms with E-state index in [4.69, 9.17) is 10.5 Å². The second-order valence-electron chi connectivity index (χ2n) is 4.12. The molecule has 6 heteroatoms. The van der Waals surface area contributed by atoms with Gasteiger partial charge in [-0.2, -0.15) is 0 Å². The Kier molecular flexibility index (Phi) is 3.63. The number of carbonyl (C=O) groups excluding carboxylic acids is 1. The summed E-state index contributed by atoms with van der Waals surface area (Å²) in [6.45, 7) is 5.79.